The first-order valence-electron chi connectivity index (χ1n) is 6.58. The maximum atomic E-state index is 12.1. The van der Waals surface area contributed by atoms with Gasteiger partial charge in [0.2, 0.25) is 0 Å². The van der Waals surface area contributed by atoms with Gasteiger partial charge in [0.1, 0.15) is 0 Å². The van der Waals surface area contributed by atoms with Crippen LogP contribution in [0.4, 0.5) is 0 Å². The molecule has 94 valence electrons. The van der Waals surface area contributed by atoms with Crippen molar-refractivity contribution in [3.8, 4) is 0 Å². The Hall–Kier alpha value is -0.570. The summed E-state index contributed by atoms with van der Waals surface area (Å²) >= 11 is 0. The number of carbonyl (C=O) groups excluding carboxylic acids is 1. The van der Waals surface area contributed by atoms with Gasteiger partial charge in [0.25, 0.3) is 0 Å². The SMILES string of the molecule is CCOC(=O)C(CC)(CN)C1CCCCC1. The summed E-state index contributed by atoms with van der Waals surface area (Å²) in [6.07, 6.45) is 6.81. The lowest BCUT2D eigenvalue weighted by Crippen LogP contribution is -2.46. The molecular formula is C13H25NO2. The van der Waals surface area contributed by atoms with E-state index in [4.69, 9.17) is 10.5 Å². The van der Waals surface area contributed by atoms with Crippen LogP contribution in [0.5, 0.6) is 0 Å². The number of nitrogens with two attached hydrogens (primary N) is 1. The number of carbonyl (C=O) groups is 1. The molecule has 16 heavy (non-hydrogen) atoms. The van der Waals surface area contributed by atoms with Crippen molar-refractivity contribution in [2.75, 3.05) is 13.2 Å². The minimum atomic E-state index is -0.420. The van der Waals surface area contributed by atoms with Crippen molar-refractivity contribution in [1.82, 2.24) is 0 Å². The molecule has 0 bridgehead atoms. The van der Waals surface area contributed by atoms with Gasteiger partial charge in [-0.15, -0.1) is 0 Å². The third-order valence-corrected chi connectivity index (χ3v) is 4.06. The molecule has 1 fully saturated rings. The lowest BCUT2D eigenvalue weighted by Gasteiger charge is -2.39. The summed E-state index contributed by atoms with van der Waals surface area (Å²) in [5.74, 6) is 0.349. The van der Waals surface area contributed by atoms with Crippen LogP contribution in [-0.2, 0) is 9.53 Å². The number of esters is 1. The van der Waals surface area contributed by atoms with E-state index in [9.17, 15) is 4.79 Å². The van der Waals surface area contributed by atoms with Crippen molar-refractivity contribution in [1.29, 1.82) is 0 Å². The highest BCUT2D eigenvalue weighted by Gasteiger charge is 2.44. The van der Waals surface area contributed by atoms with Gasteiger partial charge in [-0.2, -0.15) is 0 Å². The maximum Gasteiger partial charge on any atom is 0.313 e. The third kappa shape index (κ3) is 2.57. The second-order valence-electron chi connectivity index (χ2n) is 4.77. The van der Waals surface area contributed by atoms with Gasteiger partial charge in [-0.05, 0) is 32.1 Å². The monoisotopic (exact) mass is 227 g/mol. The van der Waals surface area contributed by atoms with Gasteiger partial charge in [0.15, 0.2) is 0 Å². The molecule has 0 aromatic carbocycles. The number of hydrogen-bond acceptors (Lipinski definition) is 3. The molecule has 2 N–H and O–H groups in total. The molecule has 1 unspecified atom stereocenters. The van der Waals surface area contributed by atoms with Crippen molar-refractivity contribution in [2.45, 2.75) is 52.4 Å². The van der Waals surface area contributed by atoms with E-state index in [0.29, 0.717) is 19.1 Å². The molecule has 0 heterocycles. The Labute approximate surface area is 98.7 Å². The molecule has 1 aliphatic carbocycles. The smallest absolute Gasteiger partial charge is 0.313 e. The summed E-state index contributed by atoms with van der Waals surface area (Å²) in [4.78, 5) is 12.1. The van der Waals surface area contributed by atoms with Gasteiger partial charge in [0, 0.05) is 6.54 Å². The lowest BCUT2D eigenvalue weighted by molar-refractivity contribution is -0.159. The zero-order valence-corrected chi connectivity index (χ0v) is 10.6. The quantitative estimate of drug-likeness (QED) is 0.734. The number of ether oxygens (including phenoxy) is 1. The predicted molar refractivity (Wildman–Crippen MR) is 65.0 cm³/mol. The molecular weight excluding hydrogens is 202 g/mol. The van der Waals surface area contributed by atoms with Crippen molar-refractivity contribution >= 4 is 5.97 Å². The second-order valence-corrected chi connectivity index (χ2v) is 4.77. The number of rotatable bonds is 5. The fourth-order valence-corrected chi connectivity index (χ4v) is 2.92. The molecule has 0 spiro atoms. The van der Waals surface area contributed by atoms with Crippen LogP contribution in [0.2, 0.25) is 0 Å². The summed E-state index contributed by atoms with van der Waals surface area (Å²) < 4.78 is 5.22. The zero-order chi connectivity index (χ0) is 12.0. The summed E-state index contributed by atoms with van der Waals surface area (Å²) in [5.41, 5.74) is 5.46. The average molecular weight is 227 g/mol. The molecule has 1 aliphatic rings. The summed E-state index contributed by atoms with van der Waals surface area (Å²) in [5, 5.41) is 0. The van der Waals surface area contributed by atoms with Gasteiger partial charge in [-0.3, -0.25) is 4.79 Å². The van der Waals surface area contributed by atoms with Gasteiger partial charge >= 0.3 is 5.97 Å². The largest absolute Gasteiger partial charge is 0.466 e. The Morgan fingerprint density at radius 1 is 1.31 bits per heavy atom. The second kappa shape index (κ2) is 6.24. The van der Waals surface area contributed by atoms with E-state index in [-0.39, 0.29) is 5.97 Å². The standard InChI is InChI=1S/C13H25NO2/c1-3-13(10-14,12(15)16-4-2)11-8-6-5-7-9-11/h11H,3-10,14H2,1-2H3. The predicted octanol–water partition coefficient (Wildman–Crippen LogP) is 2.48. The van der Waals surface area contributed by atoms with Crippen LogP contribution >= 0.6 is 0 Å². The van der Waals surface area contributed by atoms with Crippen LogP contribution < -0.4 is 5.73 Å². The van der Waals surface area contributed by atoms with Crippen LogP contribution in [0.25, 0.3) is 0 Å². The average Bonchev–Trinajstić information content (AvgIpc) is 2.33. The molecule has 0 radical (unpaired) electrons. The fourth-order valence-electron chi connectivity index (χ4n) is 2.92. The van der Waals surface area contributed by atoms with E-state index in [0.717, 1.165) is 19.3 Å². The first-order chi connectivity index (χ1) is 7.71. The maximum absolute atomic E-state index is 12.1. The molecule has 1 saturated carbocycles. The highest BCUT2D eigenvalue weighted by molar-refractivity contribution is 5.77. The lowest BCUT2D eigenvalue weighted by atomic mass is 9.67. The topological polar surface area (TPSA) is 52.3 Å². The summed E-state index contributed by atoms with van der Waals surface area (Å²) in [7, 11) is 0. The Balaban J connectivity index is 2.80. The van der Waals surface area contributed by atoms with Crippen LogP contribution in [-0.4, -0.2) is 19.1 Å². The van der Waals surface area contributed by atoms with Crippen LogP contribution in [0.3, 0.4) is 0 Å². The molecule has 0 aromatic rings. The van der Waals surface area contributed by atoms with Gasteiger partial charge in [-0.1, -0.05) is 26.2 Å². The van der Waals surface area contributed by atoms with E-state index in [1.54, 1.807) is 0 Å². The van der Waals surface area contributed by atoms with E-state index in [1.807, 2.05) is 6.92 Å². The number of hydrogen-bond donors (Lipinski definition) is 1. The highest BCUT2D eigenvalue weighted by atomic mass is 16.5. The highest BCUT2D eigenvalue weighted by Crippen LogP contribution is 2.41. The van der Waals surface area contributed by atoms with Crippen LogP contribution in [0.15, 0.2) is 0 Å². The summed E-state index contributed by atoms with van der Waals surface area (Å²) in [6, 6.07) is 0. The van der Waals surface area contributed by atoms with Gasteiger partial charge in [-0.25, -0.2) is 0 Å². The van der Waals surface area contributed by atoms with Crippen molar-refractivity contribution < 1.29 is 9.53 Å². The molecule has 3 nitrogen and oxygen atoms in total. The fraction of sp³-hybridized carbons (Fsp3) is 0.923. The molecule has 0 amide bonds. The van der Waals surface area contributed by atoms with Crippen molar-refractivity contribution in [3.05, 3.63) is 0 Å². The molecule has 1 atom stereocenters. The van der Waals surface area contributed by atoms with E-state index < -0.39 is 5.41 Å². The zero-order valence-electron chi connectivity index (χ0n) is 10.6. The summed E-state index contributed by atoms with van der Waals surface area (Å²) in [6.45, 7) is 4.79. The minimum absolute atomic E-state index is 0.0769. The first kappa shape index (κ1) is 13.5. The third-order valence-electron chi connectivity index (χ3n) is 4.06. The van der Waals surface area contributed by atoms with Gasteiger partial charge in [0.05, 0.1) is 12.0 Å². The van der Waals surface area contributed by atoms with E-state index >= 15 is 0 Å². The first-order valence-corrected chi connectivity index (χ1v) is 6.58. The molecule has 3 heteroatoms. The van der Waals surface area contributed by atoms with Crippen LogP contribution in [0.1, 0.15) is 52.4 Å². The van der Waals surface area contributed by atoms with E-state index in [1.165, 1.54) is 19.3 Å². The minimum Gasteiger partial charge on any atom is -0.466 e. The Bertz CT molecular complexity index is 218. The molecule has 0 aromatic heterocycles. The van der Waals surface area contributed by atoms with Gasteiger partial charge < -0.3 is 10.5 Å². The van der Waals surface area contributed by atoms with Crippen molar-refractivity contribution in [3.63, 3.8) is 0 Å². The Morgan fingerprint density at radius 3 is 2.38 bits per heavy atom. The molecule has 0 aliphatic heterocycles. The Morgan fingerprint density at radius 2 is 1.94 bits per heavy atom. The molecule has 1 rings (SSSR count). The normalized spacial score (nSPS) is 21.4. The Kier molecular flexibility index (Phi) is 5.26. The van der Waals surface area contributed by atoms with Crippen LogP contribution in [0, 0.1) is 11.3 Å². The molecule has 0 saturated heterocycles. The van der Waals surface area contributed by atoms with Crippen molar-refractivity contribution in [2.24, 2.45) is 17.1 Å². The van der Waals surface area contributed by atoms with E-state index in [2.05, 4.69) is 6.92 Å².